The summed E-state index contributed by atoms with van der Waals surface area (Å²) in [7, 11) is -4.71. The van der Waals surface area contributed by atoms with E-state index < -0.39 is 65.5 Å². The molecule has 0 bridgehead atoms. The first-order chi connectivity index (χ1) is 27.1. The van der Waals surface area contributed by atoms with Crippen LogP contribution in [-0.4, -0.2) is 106 Å². The molecule has 302 valence electrons. The average molecular weight is 818 g/mol. The van der Waals surface area contributed by atoms with E-state index in [2.05, 4.69) is 41.0 Å². The third-order valence-electron chi connectivity index (χ3n) is 9.94. The van der Waals surface area contributed by atoms with E-state index in [1.807, 2.05) is 60.7 Å². The second kappa shape index (κ2) is 16.9. The van der Waals surface area contributed by atoms with Crippen molar-refractivity contribution < 1.29 is 45.6 Å². The van der Waals surface area contributed by atoms with Crippen molar-refractivity contribution in [2.24, 2.45) is 0 Å². The van der Waals surface area contributed by atoms with Crippen LogP contribution in [0.3, 0.4) is 0 Å². The number of esters is 1. The molecule has 17 heteroatoms. The number of methoxy groups -OCH3 is 2. The minimum Gasteiger partial charge on any atom is -0.455 e. The molecule has 3 heterocycles. The fraction of sp³-hybridized carbons (Fsp3) is 0.375. The molecule has 0 radical (unpaired) electrons. The molecule has 6 rings (SSSR count). The van der Waals surface area contributed by atoms with Crippen molar-refractivity contribution in [1.82, 2.24) is 19.5 Å². The van der Waals surface area contributed by atoms with Crippen molar-refractivity contribution in [3.63, 3.8) is 0 Å². The number of imidazole rings is 1. The third-order valence-corrected chi connectivity index (χ3v) is 15.5. The van der Waals surface area contributed by atoms with Gasteiger partial charge in [0.05, 0.1) is 25.8 Å². The lowest BCUT2D eigenvalue weighted by Crippen LogP contribution is -2.69. The van der Waals surface area contributed by atoms with Crippen LogP contribution in [0, 0.1) is 0 Å². The van der Waals surface area contributed by atoms with Crippen molar-refractivity contribution in [3.8, 4) is 0 Å². The van der Waals surface area contributed by atoms with Crippen LogP contribution in [0.25, 0.3) is 11.2 Å². The predicted molar refractivity (Wildman–Crippen MR) is 214 cm³/mol. The van der Waals surface area contributed by atoms with Gasteiger partial charge in [-0.3, -0.25) is 18.3 Å². The highest BCUT2D eigenvalue weighted by Crippen LogP contribution is 2.47. The van der Waals surface area contributed by atoms with Gasteiger partial charge in [-0.1, -0.05) is 99.6 Å². The molecule has 1 fully saturated rings. The van der Waals surface area contributed by atoms with Crippen LogP contribution >= 0.6 is 0 Å². The highest BCUT2D eigenvalue weighted by molar-refractivity contribution is 7.86. The molecule has 1 saturated heterocycles. The van der Waals surface area contributed by atoms with Crippen LogP contribution in [0.1, 0.15) is 44.3 Å². The van der Waals surface area contributed by atoms with Crippen LogP contribution in [0.4, 0.5) is 5.82 Å². The Labute approximate surface area is 332 Å². The summed E-state index contributed by atoms with van der Waals surface area (Å²) in [6, 6.07) is 28.4. The Morgan fingerprint density at radius 2 is 1.53 bits per heavy atom. The highest BCUT2D eigenvalue weighted by Gasteiger charge is 2.65. The van der Waals surface area contributed by atoms with Crippen molar-refractivity contribution >= 4 is 57.7 Å². The molecule has 5 aromatic rings. The van der Waals surface area contributed by atoms with E-state index in [1.165, 1.54) is 38.4 Å². The molecule has 0 spiro atoms. The zero-order valence-corrected chi connectivity index (χ0v) is 34.6. The number of carbonyl (C=O) groups is 2. The maximum atomic E-state index is 13.1. The molecule has 1 amide bonds. The zero-order valence-electron chi connectivity index (χ0n) is 32.8. The van der Waals surface area contributed by atoms with E-state index in [-0.39, 0.29) is 30.2 Å². The van der Waals surface area contributed by atoms with E-state index in [4.69, 9.17) is 27.6 Å². The molecule has 3 aromatic carbocycles. The van der Waals surface area contributed by atoms with E-state index in [9.17, 15) is 18.0 Å². The molecule has 0 unspecified atom stereocenters. The van der Waals surface area contributed by atoms with E-state index in [0.29, 0.717) is 5.56 Å². The predicted octanol–water partition coefficient (Wildman–Crippen LogP) is 3.86. The first kappa shape index (κ1) is 41.7. The Bertz CT molecular complexity index is 2240. The van der Waals surface area contributed by atoms with Gasteiger partial charge in [-0.25, -0.2) is 15.0 Å². The molecule has 15 nitrogen and oxygen atoms in total. The number of ether oxygens (including phenoxy) is 4. The SMILES string of the molecule is COC[C@@H](OS(C)(=O)=O)[C@]1(CO[Si](c2ccccc2)(c2ccccc2)C(C)(C)C)O[C@@H](n2cnc3c(NC(=O)c4ccccc4)ncnc32)[C@H](OC(C)=O)[C@@H]1OC. The second-order valence-corrected chi connectivity index (χ2v) is 20.7. The molecule has 57 heavy (non-hydrogen) atoms. The van der Waals surface area contributed by atoms with Gasteiger partial charge in [0.1, 0.15) is 18.5 Å². The topological polar surface area (TPSA) is 179 Å². The molecule has 5 atom stereocenters. The number of amides is 1. The monoisotopic (exact) mass is 817 g/mol. The maximum Gasteiger partial charge on any atom is 0.303 e. The average Bonchev–Trinajstić information content (AvgIpc) is 3.74. The summed E-state index contributed by atoms with van der Waals surface area (Å²) in [6.07, 6.45) is -1.51. The molecular formula is C40H47N5O10SSi. The van der Waals surface area contributed by atoms with E-state index in [1.54, 1.807) is 30.3 Å². The van der Waals surface area contributed by atoms with Crippen molar-refractivity contribution in [3.05, 3.63) is 109 Å². The summed E-state index contributed by atoms with van der Waals surface area (Å²) >= 11 is 0. The van der Waals surface area contributed by atoms with Crippen molar-refractivity contribution in [2.45, 2.75) is 62.9 Å². The molecular weight excluding hydrogens is 771 g/mol. The van der Waals surface area contributed by atoms with Gasteiger partial charge in [0, 0.05) is 26.7 Å². The summed E-state index contributed by atoms with van der Waals surface area (Å²) in [5, 5.41) is 4.20. The lowest BCUT2D eigenvalue weighted by Gasteiger charge is -2.47. The molecule has 2 aromatic heterocycles. The number of fused-ring (bicyclic) bond motifs is 1. The van der Waals surface area contributed by atoms with Crippen LogP contribution in [0.5, 0.6) is 0 Å². The lowest BCUT2D eigenvalue weighted by atomic mass is 9.90. The number of hydrogen-bond donors (Lipinski definition) is 1. The summed E-state index contributed by atoms with van der Waals surface area (Å²) in [5.41, 5.74) is -1.01. The summed E-state index contributed by atoms with van der Waals surface area (Å²) in [6.45, 7) is 6.95. The lowest BCUT2D eigenvalue weighted by molar-refractivity contribution is -0.186. The van der Waals surface area contributed by atoms with Gasteiger partial charge < -0.3 is 28.7 Å². The fourth-order valence-electron chi connectivity index (χ4n) is 7.61. The van der Waals surface area contributed by atoms with Gasteiger partial charge >= 0.3 is 5.97 Å². The number of aromatic nitrogens is 4. The largest absolute Gasteiger partial charge is 0.455 e. The quantitative estimate of drug-likeness (QED) is 0.0916. The third kappa shape index (κ3) is 8.41. The Morgan fingerprint density at radius 3 is 2.05 bits per heavy atom. The Hall–Kier alpha value is -4.88. The van der Waals surface area contributed by atoms with Gasteiger partial charge in [0.25, 0.3) is 24.3 Å². The number of nitrogens with zero attached hydrogens (tertiary/aromatic N) is 4. The molecule has 1 N–H and O–H groups in total. The zero-order chi connectivity index (χ0) is 41.0. The molecule has 0 aliphatic carbocycles. The summed E-state index contributed by atoms with van der Waals surface area (Å²) in [5.74, 6) is -0.960. The first-order valence-corrected chi connectivity index (χ1v) is 21.9. The molecule has 1 aliphatic rings. The minimum atomic E-state index is -4.17. The van der Waals surface area contributed by atoms with Gasteiger partial charge in [-0.05, 0) is 27.5 Å². The smallest absolute Gasteiger partial charge is 0.303 e. The maximum absolute atomic E-state index is 13.1. The minimum absolute atomic E-state index is 0.122. The number of anilines is 1. The number of benzene rings is 3. The summed E-state index contributed by atoms with van der Waals surface area (Å²) in [4.78, 5) is 39.3. The number of nitrogens with one attached hydrogen (secondary N) is 1. The van der Waals surface area contributed by atoms with Crippen LogP contribution in [0.15, 0.2) is 104 Å². The Morgan fingerprint density at radius 1 is 0.930 bits per heavy atom. The van der Waals surface area contributed by atoms with Crippen LogP contribution < -0.4 is 15.7 Å². The molecule has 0 saturated carbocycles. The summed E-state index contributed by atoms with van der Waals surface area (Å²) < 4.78 is 65.6. The van der Waals surface area contributed by atoms with Gasteiger partial charge in [-0.15, -0.1) is 0 Å². The number of hydrogen-bond acceptors (Lipinski definition) is 13. The van der Waals surface area contributed by atoms with Gasteiger partial charge in [-0.2, -0.15) is 8.42 Å². The highest BCUT2D eigenvalue weighted by atomic mass is 32.2. The fourth-order valence-corrected chi connectivity index (χ4v) is 12.8. The second-order valence-electron chi connectivity index (χ2n) is 14.8. The van der Waals surface area contributed by atoms with Crippen molar-refractivity contribution in [1.29, 1.82) is 0 Å². The first-order valence-electron chi connectivity index (χ1n) is 18.2. The van der Waals surface area contributed by atoms with Crippen molar-refractivity contribution in [2.75, 3.05) is 39.0 Å². The van der Waals surface area contributed by atoms with Crippen LogP contribution in [0.2, 0.25) is 5.04 Å². The van der Waals surface area contributed by atoms with E-state index in [0.717, 1.165) is 16.6 Å². The number of carbonyl (C=O) groups excluding carboxylic acids is 2. The Balaban J connectivity index is 1.53. The normalized spacial score (nSPS) is 20.6. The Kier molecular flexibility index (Phi) is 12.4. The van der Waals surface area contributed by atoms with Gasteiger partial charge in [0.15, 0.2) is 34.9 Å². The van der Waals surface area contributed by atoms with E-state index >= 15 is 0 Å². The number of rotatable bonds is 15. The molecule has 1 aliphatic heterocycles. The van der Waals surface area contributed by atoms with Crippen LogP contribution in [-0.2, 0) is 42.5 Å². The standard InChI is InChI=1S/C40H47N5O10SSi/c1-27(46)53-33-34(51-6)40(31(23-50-5)55-56(7,48)49,24-52-57(39(2,3)4,29-19-13-9-14-20-29)30-21-15-10-16-22-30)54-38(33)45-26-43-32-35(41-25-42-36(32)45)44-37(47)28-17-11-8-12-18-28/h8-22,25-26,31,33-34,38H,23-24H2,1-7H3,(H,41,42,44,47)/t31-,33-,34+,38-,40+/m1/s1. The van der Waals surface area contributed by atoms with Gasteiger partial charge in [0.2, 0.25) is 0 Å².